The predicted molar refractivity (Wildman–Crippen MR) is 107 cm³/mol. The number of rotatable bonds is 0. The maximum atomic E-state index is 8.89. The highest BCUT2D eigenvalue weighted by molar-refractivity contribution is 5.62. The molecule has 0 aliphatic carbocycles. The van der Waals surface area contributed by atoms with E-state index in [0.717, 1.165) is 62.3 Å². The lowest BCUT2D eigenvalue weighted by Gasteiger charge is -1.77. The second-order valence-corrected chi connectivity index (χ2v) is 4.42. The van der Waals surface area contributed by atoms with E-state index in [1.165, 1.54) is 0 Å². The second kappa shape index (κ2) is 63.6. The summed E-state index contributed by atoms with van der Waals surface area (Å²) in [6, 6.07) is 0. The fraction of sp³-hybridized carbons (Fsp3) is 0.550. The molecule has 0 aromatic rings. The highest BCUT2D eigenvalue weighted by atomic mass is 16.4. The van der Waals surface area contributed by atoms with Crippen LogP contribution in [-0.4, -0.2) is 53.7 Å². The van der Waals surface area contributed by atoms with Crippen LogP contribution in [0.1, 0.15) is 76.2 Å². The van der Waals surface area contributed by atoms with Gasteiger partial charge in [-0.2, -0.15) is 0 Å². The number of aliphatic carboxylic acids is 9. The van der Waals surface area contributed by atoms with Crippen LogP contribution in [0.2, 0.25) is 0 Å². The van der Waals surface area contributed by atoms with Crippen molar-refractivity contribution in [3.8, 4) is 0 Å². The largest absolute Gasteiger partial charge is 0.550 e. The Bertz CT molecular complexity index is 416. The first-order chi connectivity index (χ1) is 16.6. The van der Waals surface area contributed by atoms with Crippen LogP contribution >= 0.6 is 0 Å². The van der Waals surface area contributed by atoms with Gasteiger partial charge >= 0.3 is 0 Å². The summed E-state index contributed by atoms with van der Waals surface area (Å²) in [5, 5.41) is 80.0. The molecule has 0 spiro atoms. The van der Waals surface area contributed by atoms with Crippen molar-refractivity contribution < 1.29 is 89.1 Å². The van der Waals surface area contributed by atoms with E-state index in [0.29, 0.717) is 0 Å². The maximum absolute atomic E-state index is 8.89. The molecule has 38 heavy (non-hydrogen) atoms. The standard InChI is InChI=1S/9C2H4O2.C2H6/c9*1-2(3)4;1-2/h9*1H3,(H,3,4);1-2H3/p-9. The van der Waals surface area contributed by atoms with Crippen molar-refractivity contribution in [2.75, 3.05) is 0 Å². The van der Waals surface area contributed by atoms with Crippen LogP contribution in [0.5, 0.6) is 0 Å². The number of hydrogen-bond donors (Lipinski definition) is 0. The van der Waals surface area contributed by atoms with Crippen molar-refractivity contribution in [1.29, 1.82) is 0 Å². The van der Waals surface area contributed by atoms with E-state index in [-0.39, 0.29) is 0 Å². The molecule has 0 N–H and O–H groups in total. The van der Waals surface area contributed by atoms with E-state index in [2.05, 4.69) is 0 Å². The molecule has 0 amide bonds. The molecule has 0 bridgehead atoms. The smallest absolute Gasteiger partial charge is 0.0383 e. The molecule has 0 unspecified atom stereocenters. The second-order valence-electron chi connectivity index (χ2n) is 4.42. The molecule has 0 radical (unpaired) electrons. The molecule has 18 heteroatoms. The summed E-state index contributed by atoms with van der Waals surface area (Å²) >= 11 is 0. The molecule has 0 atom stereocenters. The minimum absolute atomic E-state index is 0.972. The van der Waals surface area contributed by atoms with E-state index in [1.807, 2.05) is 13.8 Å². The highest BCUT2D eigenvalue weighted by Crippen LogP contribution is 1.33. The van der Waals surface area contributed by atoms with Crippen molar-refractivity contribution in [3.63, 3.8) is 0 Å². The Morgan fingerprint density at radius 1 is 0.237 bits per heavy atom. The van der Waals surface area contributed by atoms with Crippen molar-refractivity contribution in [2.24, 2.45) is 0 Å². The summed E-state index contributed by atoms with van der Waals surface area (Å²) in [5.41, 5.74) is 0. The molecule has 0 rings (SSSR count). The van der Waals surface area contributed by atoms with Crippen LogP contribution in [0.3, 0.4) is 0 Å². The highest BCUT2D eigenvalue weighted by Gasteiger charge is 1.49. The van der Waals surface area contributed by atoms with Crippen LogP contribution in [0, 0.1) is 0 Å². The average molecular weight is 561 g/mol. The molecule has 0 aromatic heterocycles. The van der Waals surface area contributed by atoms with Crippen LogP contribution in [0.25, 0.3) is 0 Å². The molecule has 0 fully saturated rings. The normalized spacial score (nSPS) is 6.08. The lowest BCUT2D eigenvalue weighted by atomic mass is 10.9. The summed E-state index contributed by atoms with van der Waals surface area (Å²) in [6.07, 6.45) is 0. The molecule has 0 aromatic carbocycles. The van der Waals surface area contributed by atoms with Gasteiger partial charge in [0.1, 0.15) is 0 Å². The van der Waals surface area contributed by atoms with Crippen molar-refractivity contribution in [3.05, 3.63) is 0 Å². The van der Waals surface area contributed by atoms with Gasteiger partial charge in [0, 0.05) is 53.7 Å². The molecule has 0 heterocycles. The molecule has 0 aliphatic heterocycles. The SMILES string of the molecule is CC.CC(=O)[O-].CC(=O)[O-].CC(=O)[O-].CC(=O)[O-].CC(=O)[O-].CC(=O)[O-].CC(=O)[O-].CC(=O)[O-].CC(=O)[O-]. The van der Waals surface area contributed by atoms with Gasteiger partial charge in [0.15, 0.2) is 0 Å². The number of carboxylic acids is 9. The van der Waals surface area contributed by atoms with E-state index in [1.54, 1.807) is 0 Å². The third kappa shape index (κ3) is 1250. The van der Waals surface area contributed by atoms with Gasteiger partial charge < -0.3 is 89.1 Å². The molecular formula is C20H33O18-9. The molecule has 0 saturated heterocycles. The van der Waals surface area contributed by atoms with E-state index >= 15 is 0 Å². The minimum Gasteiger partial charge on any atom is -0.550 e. The Morgan fingerprint density at radius 3 is 0.237 bits per heavy atom. The molecule has 230 valence electrons. The zero-order chi connectivity index (χ0) is 34.2. The molecule has 0 aliphatic rings. The fourth-order valence-electron chi connectivity index (χ4n) is 0. The average Bonchev–Trinajstić information content (AvgIpc) is 2.50. The van der Waals surface area contributed by atoms with Gasteiger partial charge in [0.05, 0.1) is 0 Å². The van der Waals surface area contributed by atoms with Gasteiger partial charge in [-0.3, -0.25) is 0 Å². The Hall–Kier alpha value is -4.77. The zero-order valence-electron chi connectivity index (χ0n) is 22.8. The predicted octanol–water partition coefficient (Wildman–Crippen LogP) is -10.2. The van der Waals surface area contributed by atoms with Crippen molar-refractivity contribution in [1.82, 2.24) is 0 Å². The third-order valence-corrected chi connectivity index (χ3v) is 0. The van der Waals surface area contributed by atoms with Gasteiger partial charge in [-0.15, -0.1) is 0 Å². The number of carboxylic acid groups (broad SMARTS) is 9. The first kappa shape index (κ1) is 64.0. The first-order valence-corrected chi connectivity index (χ1v) is 9.17. The lowest BCUT2D eigenvalue weighted by molar-refractivity contribution is -0.303. The summed E-state index contributed by atoms with van der Waals surface area (Å²) in [7, 11) is 0. The Morgan fingerprint density at radius 2 is 0.237 bits per heavy atom. The van der Waals surface area contributed by atoms with Crippen LogP contribution in [0.15, 0.2) is 0 Å². The van der Waals surface area contributed by atoms with Gasteiger partial charge in [0.2, 0.25) is 0 Å². The Kier molecular flexibility index (Phi) is 107. The maximum Gasteiger partial charge on any atom is 0.0383 e. The summed E-state index contributed by atoms with van der Waals surface area (Å²) in [4.78, 5) is 80.0. The van der Waals surface area contributed by atoms with Crippen LogP contribution in [-0.2, 0) is 43.2 Å². The lowest BCUT2D eigenvalue weighted by Crippen LogP contribution is -2.16. The monoisotopic (exact) mass is 561 g/mol. The van der Waals surface area contributed by atoms with Gasteiger partial charge in [-0.05, 0) is 62.3 Å². The van der Waals surface area contributed by atoms with Gasteiger partial charge in [-0.25, -0.2) is 0 Å². The number of carbonyl (C=O) groups is 9. The molecule has 0 saturated carbocycles. The zero-order valence-corrected chi connectivity index (χ0v) is 22.8. The van der Waals surface area contributed by atoms with Crippen molar-refractivity contribution >= 4 is 53.7 Å². The van der Waals surface area contributed by atoms with Crippen molar-refractivity contribution in [2.45, 2.75) is 76.2 Å². The first-order valence-electron chi connectivity index (χ1n) is 9.17. The van der Waals surface area contributed by atoms with Gasteiger partial charge in [0.25, 0.3) is 0 Å². The molecule has 18 nitrogen and oxygen atoms in total. The fourth-order valence-corrected chi connectivity index (χ4v) is 0. The van der Waals surface area contributed by atoms with Crippen LogP contribution < -0.4 is 46.0 Å². The third-order valence-electron chi connectivity index (χ3n) is 0. The van der Waals surface area contributed by atoms with E-state index in [9.17, 15) is 0 Å². The summed E-state index contributed by atoms with van der Waals surface area (Å²) in [5.74, 6) is -9.75. The van der Waals surface area contributed by atoms with E-state index in [4.69, 9.17) is 89.1 Å². The molecular weight excluding hydrogens is 528 g/mol. The van der Waals surface area contributed by atoms with E-state index < -0.39 is 53.7 Å². The van der Waals surface area contributed by atoms with Gasteiger partial charge in [-0.1, -0.05) is 13.8 Å². The Balaban J connectivity index is -0.0000000288. The Labute approximate surface area is 219 Å². The number of hydrogen-bond acceptors (Lipinski definition) is 18. The summed E-state index contributed by atoms with van der Waals surface area (Å²) in [6.45, 7) is 12.7. The topological polar surface area (TPSA) is 361 Å². The number of carbonyl (C=O) groups excluding carboxylic acids is 9. The summed E-state index contributed by atoms with van der Waals surface area (Å²) < 4.78 is 0. The van der Waals surface area contributed by atoms with Crippen LogP contribution in [0.4, 0.5) is 0 Å². The quantitative estimate of drug-likeness (QED) is 0.265. The minimum atomic E-state index is -1.08.